The second-order valence-electron chi connectivity index (χ2n) is 3.99. The number of fused-ring (bicyclic) bond motifs is 1. The van der Waals surface area contributed by atoms with Crippen LogP contribution in [0.2, 0.25) is 0 Å². The maximum absolute atomic E-state index is 11.9. The van der Waals surface area contributed by atoms with Gasteiger partial charge in [-0.15, -0.1) is 5.10 Å². The number of hydrogen-bond donors (Lipinski definition) is 1. The molecule has 0 aliphatic carbocycles. The Morgan fingerprint density at radius 1 is 1.44 bits per heavy atom. The van der Waals surface area contributed by atoms with Crippen LogP contribution in [-0.4, -0.2) is 25.3 Å². The van der Waals surface area contributed by atoms with Crippen LogP contribution in [0.15, 0.2) is 29.2 Å². The molecule has 2 aromatic heterocycles. The van der Waals surface area contributed by atoms with E-state index in [1.807, 2.05) is 0 Å². The summed E-state index contributed by atoms with van der Waals surface area (Å²) in [6, 6.07) is 5.07. The Labute approximate surface area is 90.7 Å². The van der Waals surface area contributed by atoms with E-state index in [0.29, 0.717) is 5.65 Å². The van der Waals surface area contributed by atoms with E-state index in [1.165, 1.54) is 18.2 Å². The fourth-order valence-electron chi connectivity index (χ4n) is 1.38. The molecule has 16 heavy (non-hydrogen) atoms. The number of nitrogens with zero attached hydrogens (tertiary/aromatic N) is 3. The molecule has 1 N–H and O–H groups in total. The lowest BCUT2D eigenvalue weighted by molar-refractivity contribution is -0.146. The highest BCUT2D eigenvalue weighted by molar-refractivity contribution is 5.75. The topological polar surface area (TPSA) is 76.6 Å². The number of rotatable bonds is 2. The average molecular weight is 221 g/mol. The maximum atomic E-state index is 11.9. The predicted octanol–water partition coefficient (Wildman–Crippen LogP) is 0.316. The molecule has 0 radical (unpaired) electrons. The standard InChI is InChI=1S/C10H11N3O3/c1-10(2,8(14)15)13-9(16)12-6-4-3-5-7(12)11-13/h3-6H,1-2H3,(H,14,15). The van der Waals surface area contributed by atoms with Crippen molar-refractivity contribution in [2.24, 2.45) is 0 Å². The molecule has 0 aromatic carbocycles. The van der Waals surface area contributed by atoms with Crippen molar-refractivity contribution in [2.45, 2.75) is 19.4 Å². The van der Waals surface area contributed by atoms with Crippen molar-refractivity contribution in [3.05, 3.63) is 34.9 Å². The van der Waals surface area contributed by atoms with Crippen LogP contribution >= 0.6 is 0 Å². The Morgan fingerprint density at radius 3 is 2.69 bits per heavy atom. The summed E-state index contributed by atoms with van der Waals surface area (Å²) in [7, 11) is 0. The van der Waals surface area contributed by atoms with Gasteiger partial charge in [-0.25, -0.2) is 9.59 Å². The largest absolute Gasteiger partial charge is 0.479 e. The van der Waals surface area contributed by atoms with Gasteiger partial charge < -0.3 is 5.11 Å². The fourth-order valence-corrected chi connectivity index (χ4v) is 1.38. The van der Waals surface area contributed by atoms with Gasteiger partial charge in [-0.05, 0) is 26.0 Å². The van der Waals surface area contributed by atoms with Gasteiger partial charge in [0.05, 0.1) is 0 Å². The molecule has 2 aromatic rings. The molecule has 0 unspecified atom stereocenters. The molecule has 2 rings (SSSR count). The molecule has 84 valence electrons. The number of pyridine rings is 1. The van der Waals surface area contributed by atoms with Gasteiger partial charge in [-0.1, -0.05) is 6.07 Å². The van der Waals surface area contributed by atoms with Crippen LogP contribution in [0.4, 0.5) is 0 Å². The Bertz CT molecular complexity index is 609. The normalized spacial score (nSPS) is 11.9. The first-order valence-corrected chi connectivity index (χ1v) is 4.75. The third kappa shape index (κ3) is 1.30. The predicted molar refractivity (Wildman–Crippen MR) is 56.4 cm³/mol. The van der Waals surface area contributed by atoms with Crippen molar-refractivity contribution in [3.8, 4) is 0 Å². The van der Waals surface area contributed by atoms with Crippen molar-refractivity contribution in [3.63, 3.8) is 0 Å². The number of carbonyl (C=O) groups is 1. The number of carboxylic acids is 1. The first kappa shape index (κ1) is 10.4. The molecule has 2 heterocycles. The Balaban J connectivity index is 2.76. The Kier molecular flexibility index (Phi) is 2.08. The molecule has 0 saturated carbocycles. The smallest absolute Gasteiger partial charge is 0.351 e. The molecule has 0 atom stereocenters. The van der Waals surface area contributed by atoms with E-state index in [1.54, 1.807) is 24.4 Å². The van der Waals surface area contributed by atoms with Crippen LogP contribution in [0.5, 0.6) is 0 Å². The zero-order valence-corrected chi connectivity index (χ0v) is 8.91. The Morgan fingerprint density at radius 2 is 2.12 bits per heavy atom. The molecule has 0 saturated heterocycles. The summed E-state index contributed by atoms with van der Waals surface area (Å²) < 4.78 is 2.29. The third-order valence-corrected chi connectivity index (χ3v) is 2.48. The minimum absolute atomic E-state index is 0.432. The number of carboxylic acid groups (broad SMARTS) is 1. The minimum Gasteiger partial charge on any atom is -0.479 e. The van der Waals surface area contributed by atoms with Crippen LogP contribution in [0.25, 0.3) is 5.65 Å². The van der Waals surface area contributed by atoms with E-state index in [0.717, 1.165) is 4.68 Å². The minimum atomic E-state index is -1.36. The Hall–Kier alpha value is -2.11. The van der Waals surface area contributed by atoms with Crippen LogP contribution in [0.3, 0.4) is 0 Å². The number of hydrogen-bond acceptors (Lipinski definition) is 3. The number of aliphatic carboxylic acids is 1. The zero-order chi connectivity index (χ0) is 11.9. The monoisotopic (exact) mass is 221 g/mol. The molecule has 0 aliphatic rings. The van der Waals surface area contributed by atoms with Crippen molar-refractivity contribution in [2.75, 3.05) is 0 Å². The van der Waals surface area contributed by atoms with Gasteiger partial charge in [0, 0.05) is 6.20 Å². The molecular formula is C10H11N3O3. The van der Waals surface area contributed by atoms with Gasteiger partial charge >= 0.3 is 11.7 Å². The van der Waals surface area contributed by atoms with Crippen molar-refractivity contribution in [1.82, 2.24) is 14.2 Å². The maximum Gasteiger partial charge on any atom is 0.351 e. The van der Waals surface area contributed by atoms with Crippen LogP contribution < -0.4 is 5.69 Å². The first-order chi connectivity index (χ1) is 7.44. The highest BCUT2D eigenvalue weighted by atomic mass is 16.4. The van der Waals surface area contributed by atoms with Crippen molar-refractivity contribution < 1.29 is 9.90 Å². The van der Waals surface area contributed by atoms with Gasteiger partial charge in [0.2, 0.25) is 0 Å². The molecule has 0 aliphatic heterocycles. The number of aromatic nitrogens is 3. The van der Waals surface area contributed by atoms with Gasteiger partial charge in [0.15, 0.2) is 11.2 Å². The van der Waals surface area contributed by atoms with E-state index in [4.69, 9.17) is 5.11 Å². The zero-order valence-electron chi connectivity index (χ0n) is 8.91. The van der Waals surface area contributed by atoms with Crippen molar-refractivity contribution >= 4 is 11.6 Å². The lowest BCUT2D eigenvalue weighted by Gasteiger charge is -2.17. The van der Waals surface area contributed by atoms with E-state index < -0.39 is 17.2 Å². The second kappa shape index (κ2) is 3.19. The van der Waals surface area contributed by atoms with Gasteiger partial charge in [0.25, 0.3) is 0 Å². The summed E-state index contributed by atoms with van der Waals surface area (Å²) in [6.45, 7) is 2.87. The summed E-state index contributed by atoms with van der Waals surface area (Å²) in [5.74, 6) is -1.10. The van der Waals surface area contributed by atoms with Crippen LogP contribution in [0, 0.1) is 0 Å². The van der Waals surface area contributed by atoms with E-state index >= 15 is 0 Å². The first-order valence-electron chi connectivity index (χ1n) is 4.75. The second-order valence-corrected chi connectivity index (χ2v) is 3.99. The third-order valence-electron chi connectivity index (χ3n) is 2.48. The van der Waals surface area contributed by atoms with E-state index in [2.05, 4.69) is 5.10 Å². The lowest BCUT2D eigenvalue weighted by atomic mass is 10.1. The van der Waals surface area contributed by atoms with E-state index in [-0.39, 0.29) is 0 Å². The van der Waals surface area contributed by atoms with Gasteiger partial charge in [-0.2, -0.15) is 4.68 Å². The molecule has 0 amide bonds. The summed E-state index contributed by atoms with van der Waals surface area (Å²) in [4.78, 5) is 22.9. The van der Waals surface area contributed by atoms with E-state index in [9.17, 15) is 9.59 Å². The molecule has 0 bridgehead atoms. The highest BCUT2D eigenvalue weighted by Gasteiger charge is 2.33. The summed E-state index contributed by atoms with van der Waals surface area (Å²) in [6.07, 6.45) is 1.55. The van der Waals surface area contributed by atoms with Gasteiger partial charge in [-0.3, -0.25) is 4.40 Å². The quantitative estimate of drug-likeness (QED) is 0.792. The van der Waals surface area contributed by atoms with Gasteiger partial charge in [0.1, 0.15) is 0 Å². The highest BCUT2D eigenvalue weighted by Crippen LogP contribution is 2.12. The summed E-state index contributed by atoms with van der Waals surface area (Å²) in [5.41, 5.74) is -1.38. The van der Waals surface area contributed by atoms with Crippen LogP contribution in [0.1, 0.15) is 13.8 Å². The molecular weight excluding hydrogens is 210 g/mol. The molecule has 6 heteroatoms. The average Bonchev–Trinajstić information content (AvgIpc) is 2.57. The summed E-state index contributed by atoms with van der Waals surface area (Å²) >= 11 is 0. The molecule has 6 nitrogen and oxygen atoms in total. The SMILES string of the molecule is CC(C)(C(=O)O)n1nc2ccccn2c1=O. The van der Waals surface area contributed by atoms with Crippen LogP contribution in [-0.2, 0) is 10.3 Å². The molecule has 0 spiro atoms. The molecule has 0 fully saturated rings. The fraction of sp³-hybridized carbons (Fsp3) is 0.300. The lowest BCUT2D eigenvalue weighted by Crippen LogP contribution is -2.43. The van der Waals surface area contributed by atoms with Crippen molar-refractivity contribution in [1.29, 1.82) is 0 Å². The summed E-state index contributed by atoms with van der Waals surface area (Å²) in [5, 5.41) is 13.0.